The molecular weight excluding hydrogens is 324 g/mol. The van der Waals surface area contributed by atoms with E-state index in [0.717, 1.165) is 16.9 Å². The smallest absolute Gasteiger partial charge is 0.271 e. The SMILES string of the molecule is CN(c1ccccc1)c1ccc(/C=N/NC(=O)c2ccc(N)cc2)cc1. The van der Waals surface area contributed by atoms with Crippen molar-refractivity contribution in [2.45, 2.75) is 0 Å². The van der Waals surface area contributed by atoms with Gasteiger partial charge >= 0.3 is 0 Å². The van der Waals surface area contributed by atoms with E-state index in [0.29, 0.717) is 11.3 Å². The van der Waals surface area contributed by atoms with Crippen LogP contribution in [-0.2, 0) is 0 Å². The van der Waals surface area contributed by atoms with Crippen molar-refractivity contribution in [3.05, 3.63) is 90.0 Å². The van der Waals surface area contributed by atoms with E-state index in [9.17, 15) is 4.79 Å². The Kier molecular flexibility index (Phi) is 5.29. The van der Waals surface area contributed by atoms with Crippen LogP contribution in [0.2, 0.25) is 0 Å². The number of hydrogen-bond acceptors (Lipinski definition) is 4. The molecule has 0 spiro atoms. The number of nitrogens with one attached hydrogen (secondary N) is 1. The number of carbonyl (C=O) groups is 1. The Morgan fingerprint density at radius 2 is 1.54 bits per heavy atom. The summed E-state index contributed by atoms with van der Waals surface area (Å²) in [5.41, 5.74) is 12.3. The summed E-state index contributed by atoms with van der Waals surface area (Å²) < 4.78 is 0. The number of nitrogen functional groups attached to an aromatic ring is 1. The highest BCUT2D eigenvalue weighted by Crippen LogP contribution is 2.22. The van der Waals surface area contributed by atoms with Gasteiger partial charge in [-0.2, -0.15) is 5.10 Å². The number of nitrogens with zero attached hydrogens (tertiary/aromatic N) is 2. The average molecular weight is 344 g/mol. The molecule has 0 aliphatic heterocycles. The number of hydrazone groups is 1. The van der Waals surface area contributed by atoms with Crippen molar-refractivity contribution in [1.82, 2.24) is 5.43 Å². The van der Waals surface area contributed by atoms with Crippen LogP contribution in [0.3, 0.4) is 0 Å². The van der Waals surface area contributed by atoms with Crippen molar-refractivity contribution >= 4 is 29.2 Å². The molecule has 0 saturated heterocycles. The Morgan fingerprint density at radius 1 is 0.923 bits per heavy atom. The second kappa shape index (κ2) is 7.98. The number of rotatable bonds is 5. The number of para-hydroxylation sites is 1. The van der Waals surface area contributed by atoms with E-state index in [-0.39, 0.29) is 5.91 Å². The number of nitrogens with two attached hydrogens (primary N) is 1. The van der Waals surface area contributed by atoms with Crippen molar-refractivity contribution < 1.29 is 4.79 Å². The lowest BCUT2D eigenvalue weighted by atomic mass is 10.2. The molecule has 0 bridgehead atoms. The maximum Gasteiger partial charge on any atom is 0.271 e. The lowest BCUT2D eigenvalue weighted by Gasteiger charge is -2.19. The molecular formula is C21H20N4O. The second-order valence-corrected chi connectivity index (χ2v) is 5.81. The maximum absolute atomic E-state index is 12.0. The molecule has 26 heavy (non-hydrogen) atoms. The van der Waals surface area contributed by atoms with Crippen molar-refractivity contribution in [2.75, 3.05) is 17.7 Å². The molecule has 0 fully saturated rings. The van der Waals surface area contributed by atoms with Gasteiger partial charge < -0.3 is 10.6 Å². The third kappa shape index (κ3) is 4.27. The molecule has 3 rings (SSSR count). The maximum atomic E-state index is 12.0. The van der Waals surface area contributed by atoms with Gasteiger partial charge in [-0.25, -0.2) is 5.43 Å². The van der Waals surface area contributed by atoms with Gasteiger partial charge in [-0.05, 0) is 54.1 Å². The zero-order valence-corrected chi connectivity index (χ0v) is 14.5. The van der Waals surface area contributed by atoms with Crippen LogP contribution < -0.4 is 16.1 Å². The number of hydrogen-bond donors (Lipinski definition) is 2. The summed E-state index contributed by atoms with van der Waals surface area (Å²) in [6.07, 6.45) is 1.61. The van der Waals surface area contributed by atoms with E-state index in [1.807, 2.05) is 49.5 Å². The summed E-state index contributed by atoms with van der Waals surface area (Å²) >= 11 is 0. The van der Waals surface area contributed by atoms with Gasteiger partial charge in [0.05, 0.1) is 6.21 Å². The lowest BCUT2D eigenvalue weighted by Crippen LogP contribution is -2.17. The second-order valence-electron chi connectivity index (χ2n) is 5.81. The summed E-state index contributed by atoms with van der Waals surface area (Å²) in [5, 5.41) is 4.00. The Hall–Kier alpha value is -3.60. The lowest BCUT2D eigenvalue weighted by molar-refractivity contribution is 0.0955. The molecule has 0 heterocycles. The molecule has 0 radical (unpaired) electrons. The van der Waals surface area contributed by atoms with Gasteiger partial charge in [0.2, 0.25) is 0 Å². The highest BCUT2D eigenvalue weighted by Gasteiger charge is 2.04. The number of benzene rings is 3. The Labute approximate surface area is 152 Å². The molecule has 3 N–H and O–H groups in total. The predicted molar refractivity (Wildman–Crippen MR) is 107 cm³/mol. The third-order valence-electron chi connectivity index (χ3n) is 3.98. The van der Waals surface area contributed by atoms with Gasteiger partial charge in [0.1, 0.15) is 0 Å². The standard InChI is InChI=1S/C21H20N4O/c1-25(19-5-3-2-4-6-19)20-13-7-16(8-14-20)15-23-24-21(26)17-9-11-18(22)12-10-17/h2-15H,22H2,1H3,(H,24,26)/b23-15+. The van der Waals surface area contributed by atoms with Crippen molar-refractivity contribution in [2.24, 2.45) is 5.10 Å². The van der Waals surface area contributed by atoms with Crippen LogP contribution in [-0.4, -0.2) is 19.2 Å². The molecule has 0 aromatic heterocycles. The van der Waals surface area contributed by atoms with Crippen LogP contribution in [0, 0.1) is 0 Å². The molecule has 0 aliphatic rings. The largest absolute Gasteiger partial charge is 0.399 e. The van der Waals surface area contributed by atoms with Gasteiger partial charge in [-0.3, -0.25) is 4.79 Å². The minimum Gasteiger partial charge on any atom is -0.399 e. The first kappa shape index (κ1) is 17.2. The van der Waals surface area contributed by atoms with Crippen molar-refractivity contribution in [3.63, 3.8) is 0 Å². The first-order valence-corrected chi connectivity index (χ1v) is 8.21. The summed E-state index contributed by atoms with van der Waals surface area (Å²) in [7, 11) is 2.02. The highest BCUT2D eigenvalue weighted by atomic mass is 16.2. The van der Waals surface area contributed by atoms with Crippen LogP contribution >= 0.6 is 0 Å². The zero-order chi connectivity index (χ0) is 18.4. The minimum atomic E-state index is -0.276. The monoisotopic (exact) mass is 344 g/mol. The Bertz CT molecular complexity index is 888. The van der Waals surface area contributed by atoms with Gasteiger partial charge in [0.15, 0.2) is 0 Å². The quantitative estimate of drug-likeness (QED) is 0.420. The van der Waals surface area contributed by atoms with Crippen molar-refractivity contribution in [1.29, 1.82) is 0 Å². The number of carbonyl (C=O) groups excluding carboxylic acids is 1. The number of amides is 1. The molecule has 0 saturated carbocycles. The summed E-state index contributed by atoms with van der Waals surface area (Å²) in [4.78, 5) is 14.1. The van der Waals surface area contributed by atoms with E-state index in [2.05, 4.69) is 27.6 Å². The molecule has 130 valence electrons. The average Bonchev–Trinajstić information content (AvgIpc) is 2.69. The van der Waals surface area contributed by atoms with E-state index < -0.39 is 0 Å². The molecule has 1 amide bonds. The highest BCUT2D eigenvalue weighted by molar-refractivity contribution is 5.95. The summed E-state index contributed by atoms with van der Waals surface area (Å²) in [6.45, 7) is 0. The van der Waals surface area contributed by atoms with Crippen LogP contribution in [0.1, 0.15) is 15.9 Å². The Morgan fingerprint density at radius 3 is 2.19 bits per heavy atom. The van der Waals surface area contributed by atoms with E-state index >= 15 is 0 Å². The Balaban J connectivity index is 1.61. The fraction of sp³-hybridized carbons (Fsp3) is 0.0476. The van der Waals surface area contributed by atoms with Crippen LogP contribution in [0.5, 0.6) is 0 Å². The molecule has 0 atom stereocenters. The van der Waals surface area contributed by atoms with E-state index in [1.165, 1.54) is 0 Å². The number of anilines is 3. The van der Waals surface area contributed by atoms with Gasteiger partial charge in [-0.15, -0.1) is 0 Å². The van der Waals surface area contributed by atoms with Gasteiger partial charge in [0, 0.05) is 29.7 Å². The van der Waals surface area contributed by atoms with Crippen LogP contribution in [0.4, 0.5) is 17.1 Å². The van der Waals surface area contributed by atoms with Gasteiger partial charge in [0.25, 0.3) is 5.91 Å². The fourth-order valence-corrected chi connectivity index (χ4v) is 2.45. The minimum absolute atomic E-state index is 0.276. The van der Waals surface area contributed by atoms with Crippen LogP contribution in [0.25, 0.3) is 0 Å². The molecule has 5 heteroatoms. The van der Waals surface area contributed by atoms with E-state index in [1.54, 1.807) is 30.5 Å². The first-order valence-electron chi connectivity index (χ1n) is 8.21. The fourth-order valence-electron chi connectivity index (χ4n) is 2.45. The van der Waals surface area contributed by atoms with E-state index in [4.69, 9.17) is 5.73 Å². The molecule has 3 aromatic rings. The molecule has 3 aromatic carbocycles. The normalized spacial score (nSPS) is 10.7. The summed E-state index contributed by atoms with van der Waals surface area (Å²) in [6, 6.07) is 24.7. The topological polar surface area (TPSA) is 70.7 Å². The zero-order valence-electron chi connectivity index (χ0n) is 14.5. The third-order valence-corrected chi connectivity index (χ3v) is 3.98. The van der Waals surface area contributed by atoms with Crippen molar-refractivity contribution in [3.8, 4) is 0 Å². The van der Waals surface area contributed by atoms with Crippen LogP contribution in [0.15, 0.2) is 84.0 Å². The molecule has 0 unspecified atom stereocenters. The first-order chi connectivity index (χ1) is 12.6. The predicted octanol–water partition coefficient (Wildman–Crippen LogP) is 3.80. The molecule has 0 aliphatic carbocycles. The van der Waals surface area contributed by atoms with Gasteiger partial charge in [-0.1, -0.05) is 30.3 Å². The summed E-state index contributed by atoms with van der Waals surface area (Å²) in [5.74, 6) is -0.276. The molecule has 5 nitrogen and oxygen atoms in total.